The molecule has 8 nitrogen and oxygen atoms in total. The van der Waals surface area contributed by atoms with Crippen LogP contribution in [0.4, 0.5) is 0 Å². The minimum absolute atomic E-state index is 0.0264. The van der Waals surface area contributed by atoms with Crippen LogP contribution in [0.1, 0.15) is 31.3 Å². The van der Waals surface area contributed by atoms with Crippen molar-refractivity contribution in [3.63, 3.8) is 0 Å². The Bertz CT molecular complexity index is 761. The molecular formula is C15H10N2O6. The largest absolute Gasteiger partial charge is 0.459 e. The molecule has 0 fully saturated rings. The Kier molecular flexibility index (Phi) is 3.63. The van der Waals surface area contributed by atoms with E-state index in [0.29, 0.717) is 5.06 Å². The highest BCUT2D eigenvalue weighted by atomic mass is 16.7. The van der Waals surface area contributed by atoms with Crippen LogP contribution in [0.5, 0.6) is 0 Å². The molecule has 0 radical (unpaired) electrons. The molecule has 8 heteroatoms. The number of carbonyl (C=O) groups is 4. The van der Waals surface area contributed by atoms with Crippen molar-refractivity contribution in [2.75, 3.05) is 6.54 Å². The van der Waals surface area contributed by atoms with Crippen LogP contribution in [-0.2, 0) is 9.63 Å². The molecule has 0 bridgehead atoms. The Hall–Kier alpha value is -3.42. The van der Waals surface area contributed by atoms with Crippen LogP contribution in [0.2, 0.25) is 0 Å². The molecule has 1 aromatic carbocycles. The van der Waals surface area contributed by atoms with Gasteiger partial charge in [0.15, 0.2) is 5.76 Å². The second-order valence-corrected chi connectivity index (χ2v) is 4.57. The van der Waals surface area contributed by atoms with E-state index in [0.717, 1.165) is 0 Å². The monoisotopic (exact) mass is 314 g/mol. The molecule has 2 heterocycles. The van der Waals surface area contributed by atoms with E-state index in [1.807, 2.05) is 0 Å². The third-order valence-corrected chi connectivity index (χ3v) is 3.09. The van der Waals surface area contributed by atoms with Crippen molar-refractivity contribution in [3.8, 4) is 0 Å². The SMILES string of the molecule is O=C(CNC(=O)c1ccco1)ON1C(=O)c2ccccc2C1=O. The summed E-state index contributed by atoms with van der Waals surface area (Å²) in [6.45, 7) is -0.521. The predicted molar refractivity (Wildman–Crippen MR) is 74.1 cm³/mol. The molecule has 0 spiro atoms. The molecule has 0 saturated heterocycles. The number of furan rings is 1. The normalized spacial score (nSPS) is 13.0. The number of hydroxylamine groups is 2. The van der Waals surface area contributed by atoms with E-state index in [2.05, 4.69) is 5.32 Å². The Morgan fingerprint density at radius 2 is 1.70 bits per heavy atom. The second-order valence-electron chi connectivity index (χ2n) is 4.57. The van der Waals surface area contributed by atoms with Gasteiger partial charge in [0.05, 0.1) is 17.4 Å². The summed E-state index contributed by atoms with van der Waals surface area (Å²) in [5.41, 5.74) is 0.315. The summed E-state index contributed by atoms with van der Waals surface area (Å²) >= 11 is 0. The van der Waals surface area contributed by atoms with Gasteiger partial charge >= 0.3 is 5.97 Å². The number of nitrogens with one attached hydrogen (secondary N) is 1. The van der Waals surface area contributed by atoms with Crippen LogP contribution in [0, 0.1) is 0 Å². The van der Waals surface area contributed by atoms with Gasteiger partial charge in [-0.2, -0.15) is 0 Å². The van der Waals surface area contributed by atoms with Crippen LogP contribution >= 0.6 is 0 Å². The highest BCUT2D eigenvalue weighted by Gasteiger charge is 2.38. The van der Waals surface area contributed by atoms with Crippen molar-refractivity contribution in [1.82, 2.24) is 10.4 Å². The van der Waals surface area contributed by atoms with Crippen molar-refractivity contribution < 1.29 is 28.4 Å². The first-order chi connectivity index (χ1) is 11.1. The quantitative estimate of drug-likeness (QED) is 0.835. The average Bonchev–Trinajstić information content (AvgIpc) is 3.17. The molecule has 1 N–H and O–H groups in total. The van der Waals surface area contributed by atoms with Gasteiger partial charge in [0, 0.05) is 0 Å². The lowest BCUT2D eigenvalue weighted by molar-refractivity contribution is -0.167. The summed E-state index contributed by atoms with van der Waals surface area (Å²) in [6, 6.07) is 9.05. The van der Waals surface area contributed by atoms with Gasteiger partial charge in [-0.3, -0.25) is 14.4 Å². The van der Waals surface area contributed by atoms with Crippen LogP contribution in [0.3, 0.4) is 0 Å². The number of carbonyl (C=O) groups excluding carboxylic acids is 4. The molecule has 116 valence electrons. The van der Waals surface area contributed by atoms with Gasteiger partial charge in [-0.1, -0.05) is 17.2 Å². The fourth-order valence-corrected chi connectivity index (χ4v) is 2.03. The lowest BCUT2D eigenvalue weighted by atomic mass is 10.1. The fraction of sp³-hybridized carbons (Fsp3) is 0.0667. The van der Waals surface area contributed by atoms with Gasteiger partial charge in [0.25, 0.3) is 17.7 Å². The molecule has 3 amide bonds. The van der Waals surface area contributed by atoms with Gasteiger partial charge in [0.2, 0.25) is 0 Å². The molecule has 0 saturated carbocycles. The second kappa shape index (κ2) is 5.76. The molecule has 0 unspecified atom stereocenters. The maximum absolute atomic E-state index is 12.0. The van der Waals surface area contributed by atoms with E-state index in [9.17, 15) is 19.2 Å². The summed E-state index contributed by atoms with van der Waals surface area (Å²) in [6.07, 6.45) is 1.31. The highest BCUT2D eigenvalue weighted by Crippen LogP contribution is 2.22. The van der Waals surface area contributed by atoms with Crippen molar-refractivity contribution in [1.29, 1.82) is 0 Å². The Balaban J connectivity index is 1.60. The van der Waals surface area contributed by atoms with Crippen LogP contribution in [0.15, 0.2) is 47.1 Å². The predicted octanol–water partition coefficient (Wildman–Crippen LogP) is 0.764. The summed E-state index contributed by atoms with van der Waals surface area (Å²) in [4.78, 5) is 52.0. The Morgan fingerprint density at radius 1 is 1.04 bits per heavy atom. The summed E-state index contributed by atoms with van der Waals surface area (Å²) in [5, 5.41) is 2.63. The Labute approximate surface area is 129 Å². The Morgan fingerprint density at radius 3 is 2.26 bits per heavy atom. The molecular weight excluding hydrogens is 304 g/mol. The third-order valence-electron chi connectivity index (χ3n) is 3.09. The van der Waals surface area contributed by atoms with E-state index >= 15 is 0 Å². The number of nitrogens with zero attached hydrogens (tertiary/aromatic N) is 1. The summed E-state index contributed by atoms with van der Waals surface area (Å²) in [5.74, 6) is -3.00. The van der Waals surface area contributed by atoms with Crippen molar-refractivity contribution in [2.45, 2.75) is 0 Å². The first-order valence-corrected chi connectivity index (χ1v) is 6.58. The summed E-state index contributed by atoms with van der Waals surface area (Å²) in [7, 11) is 0. The molecule has 1 aliphatic rings. The molecule has 3 rings (SSSR count). The van der Waals surface area contributed by atoms with E-state index in [1.54, 1.807) is 12.1 Å². The van der Waals surface area contributed by atoms with Crippen molar-refractivity contribution in [2.24, 2.45) is 0 Å². The molecule has 0 aliphatic carbocycles. The van der Waals surface area contributed by atoms with Crippen molar-refractivity contribution >= 4 is 23.7 Å². The van der Waals surface area contributed by atoms with Crippen LogP contribution < -0.4 is 5.32 Å². The zero-order chi connectivity index (χ0) is 16.4. The van der Waals surface area contributed by atoms with E-state index in [4.69, 9.17) is 9.25 Å². The number of benzene rings is 1. The van der Waals surface area contributed by atoms with Crippen LogP contribution in [-0.4, -0.2) is 35.3 Å². The van der Waals surface area contributed by atoms with Gasteiger partial charge < -0.3 is 14.6 Å². The highest BCUT2D eigenvalue weighted by molar-refractivity contribution is 6.20. The zero-order valence-corrected chi connectivity index (χ0v) is 11.6. The minimum Gasteiger partial charge on any atom is -0.459 e. The van der Waals surface area contributed by atoms with Gasteiger partial charge in [-0.25, -0.2) is 4.79 Å². The average molecular weight is 314 g/mol. The molecule has 2 aromatic rings. The molecule has 1 aliphatic heterocycles. The number of rotatable bonds is 4. The fourth-order valence-electron chi connectivity index (χ4n) is 2.03. The maximum atomic E-state index is 12.0. The van der Waals surface area contributed by atoms with Gasteiger partial charge in [-0.15, -0.1) is 0 Å². The van der Waals surface area contributed by atoms with Gasteiger partial charge in [-0.05, 0) is 24.3 Å². The maximum Gasteiger partial charge on any atom is 0.352 e. The first kappa shape index (κ1) is 14.5. The molecule has 23 heavy (non-hydrogen) atoms. The molecule has 0 atom stereocenters. The van der Waals surface area contributed by atoms with E-state index < -0.39 is 30.2 Å². The summed E-state index contributed by atoms with van der Waals surface area (Å²) < 4.78 is 4.85. The first-order valence-electron chi connectivity index (χ1n) is 6.58. The zero-order valence-electron chi connectivity index (χ0n) is 11.6. The minimum atomic E-state index is -0.959. The van der Waals surface area contributed by atoms with Crippen LogP contribution in [0.25, 0.3) is 0 Å². The van der Waals surface area contributed by atoms with E-state index in [-0.39, 0.29) is 16.9 Å². The van der Waals surface area contributed by atoms with Gasteiger partial charge in [0.1, 0.15) is 6.54 Å². The number of imide groups is 1. The number of fused-ring (bicyclic) bond motifs is 1. The lowest BCUT2D eigenvalue weighted by Crippen LogP contribution is -2.37. The third kappa shape index (κ3) is 2.69. The number of hydrogen-bond donors (Lipinski definition) is 1. The number of hydrogen-bond acceptors (Lipinski definition) is 6. The number of amides is 3. The van der Waals surface area contributed by atoms with E-state index in [1.165, 1.54) is 30.5 Å². The lowest BCUT2D eigenvalue weighted by Gasteiger charge is -2.12. The smallest absolute Gasteiger partial charge is 0.352 e. The molecule has 1 aromatic heterocycles. The topological polar surface area (TPSA) is 106 Å². The van der Waals surface area contributed by atoms with Crippen molar-refractivity contribution in [3.05, 3.63) is 59.5 Å². The standard InChI is InChI=1S/C15H10N2O6/c18-12(8-16-13(19)11-6-3-7-22-11)23-17-14(20)9-4-1-2-5-10(9)15(17)21/h1-7H,8H2,(H,16,19).